The van der Waals surface area contributed by atoms with Crippen molar-refractivity contribution in [3.8, 4) is 5.75 Å². The van der Waals surface area contributed by atoms with E-state index in [-0.39, 0.29) is 33.4 Å². The number of methoxy groups -OCH3 is 1. The molecule has 1 fully saturated rings. The van der Waals surface area contributed by atoms with Crippen molar-refractivity contribution in [3.63, 3.8) is 0 Å². The lowest BCUT2D eigenvalue weighted by Crippen LogP contribution is -2.42. The van der Waals surface area contributed by atoms with Gasteiger partial charge in [0.2, 0.25) is 0 Å². The molecule has 0 aromatic heterocycles. The highest BCUT2D eigenvalue weighted by Gasteiger charge is 2.23. The van der Waals surface area contributed by atoms with E-state index in [0.29, 0.717) is 16.3 Å². The van der Waals surface area contributed by atoms with Crippen molar-refractivity contribution in [2.75, 3.05) is 30.8 Å². The number of carbonyl (C=O) groups is 2. The third-order valence-corrected chi connectivity index (χ3v) is 6.00. The van der Waals surface area contributed by atoms with Crippen LogP contribution in [-0.2, 0) is 0 Å². The lowest BCUT2D eigenvalue weighted by atomic mass is 10.1. The molecule has 180 valence electrons. The van der Waals surface area contributed by atoms with E-state index in [4.69, 9.17) is 33.3 Å². The number of carbonyl (C=O) groups excluding carboxylic acids is 2. The lowest BCUT2D eigenvalue weighted by molar-refractivity contribution is 0.102. The highest BCUT2D eigenvalue weighted by Crippen LogP contribution is 2.34. The molecule has 3 aromatic carbocycles. The summed E-state index contributed by atoms with van der Waals surface area (Å²) in [6.45, 7) is 1.50. The van der Waals surface area contributed by atoms with Gasteiger partial charge in [0.1, 0.15) is 17.4 Å². The second-order valence-corrected chi connectivity index (χ2v) is 8.70. The molecule has 1 aliphatic heterocycles. The maximum atomic E-state index is 14.9. The minimum Gasteiger partial charge on any atom is -0.494 e. The van der Waals surface area contributed by atoms with Gasteiger partial charge in [-0.2, -0.15) is 0 Å². The Bertz CT molecular complexity index is 1310. The molecule has 1 aliphatic rings. The van der Waals surface area contributed by atoms with Crippen LogP contribution in [0.2, 0.25) is 10.0 Å². The molecule has 35 heavy (non-hydrogen) atoms. The zero-order valence-corrected chi connectivity index (χ0v) is 20.1. The van der Waals surface area contributed by atoms with Crippen LogP contribution in [0.4, 0.5) is 15.8 Å². The molecule has 0 spiro atoms. The average Bonchev–Trinajstić information content (AvgIpc) is 2.79. The highest BCUT2D eigenvalue weighted by atomic mass is 35.5. The highest BCUT2D eigenvalue weighted by molar-refractivity contribution is 6.32. The van der Waals surface area contributed by atoms with Crippen molar-refractivity contribution < 1.29 is 18.7 Å². The fraction of sp³-hybridized carbons (Fsp3) is 0.160. The van der Waals surface area contributed by atoms with Crippen LogP contribution in [0.5, 0.6) is 5.75 Å². The topological polar surface area (TPSA) is 94.5 Å². The number of amidine groups is 1. The van der Waals surface area contributed by atoms with E-state index in [1.165, 1.54) is 31.4 Å². The van der Waals surface area contributed by atoms with Crippen LogP contribution in [0.15, 0.2) is 54.6 Å². The Balaban J connectivity index is 1.61. The third kappa shape index (κ3) is 5.39. The Morgan fingerprint density at radius 3 is 2.23 bits per heavy atom. The summed E-state index contributed by atoms with van der Waals surface area (Å²) in [5.74, 6) is -1.80. The van der Waals surface area contributed by atoms with Gasteiger partial charge in [-0.15, -0.1) is 0 Å². The number of nitrogens with zero attached hydrogens (tertiary/aromatic N) is 1. The average molecular weight is 515 g/mol. The Morgan fingerprint density at radius 2 is 1.63 bits per heavy atom. The summed E-state index contributed by atoms with van der Waals surface area (Å²) in [6, 6.07) is 13.3. The molecule has 1 heterocycles. The van der Waals surface area contributed by atoms with E-state index >= 15 is 0 Å². The van der Waals surface area contributed by atoms with Crippen molar-refractivity contribution >= 4 is 52.2 Å². The Hall–Kier alpha value is -3.62. The van der Waals surface area contributed by atoms with Gasteiger partial charge in [0.15, 0.2) is 0 Å². The van der Waals surface area contributed by atoms with Gasteiger partial charge in [0.05, 0.1) is 23.9 Å². The summed E-state index contributed by atoms with van der Waals surface area (Å²) in [4.78, 5) is 27.8. The minimum absolute atomic E-state index is 0.0224. The molecular weight excluding hydrogens is 494 g/mol. The number of nitrogens with one attached hydrogen (secondary N) is 3. The predicted molar refractivity (Wildman–Crippen MR) is 135 cm³/mol. The number of ether oxygens (including phenoxy) is 1. The maximum absolute atomic E-state index is 14.9. The lowest BCUT2D eigenvalue weighted by Gasteiger charge is -2.33. The van der Waals surface area contributed by atoms with Gasteiger partial charge >= 0.3 is 0 Å². The van der Waals surface area contributed by atoms with Crippen LogP contribution in [0.25, 0.3) is 0 Å². The predicted octanol–water partition coefficient (Wildman–Crippen LogP) is 5.68. The molecule has 0 aliphatic carbocycles. The summed E-state index contributed by atoms with van der Waals surface area (Å²) in [7, 11) is 1.36. The zero-order chi connectivity index (χ0) is 25.1. The van der Waals surface area contributed by atoms with Crippen molar-refractivity contribution in [1.29, 1.82) is 5.41 Å². The molecule has 0 radical (unpaired) electrons. The fourth-order valence-corrected chi connectivity index (χ4v) is 3.87. The van der Waals surface area contributed by atoms with Crippen molar-refractivity contribution in [1.82, 2.24) is 4.90 Å². The van der Waals surface area contributed by atoms with Gasteiger partial charge in [-0.05, 0) is 48.9 Å². The molecule has 0 bridgehead atoms. The summed E-state index contributed by atoms with van der Waals surface area (Å²) in [5, 5.41) is 14.2. The normalized spacial score (nSPS) is 12.5. The summed E-state index contributed by atoms with van der Waals surface area (Å²) in [5.41, 5.74) is 0.665. The van der Waals surface area contributed by atoms with Gasteiger partial charge in [-0.25, -0.2) is 4.39 Å². The number of rotatable bonds is 6. The maximum Gasteiger partial charge on any atom is 0.258 e. The summed E-state index contributed by atoms with van der Waals surface area (Å²) >= 11 is 12.1. The Kier molecular flexibility index (Phi) is 7.23. The van der Waals surface area contributed by atoms with Crippen LogP contribution >= 0.6 is 23.2 Å². The molecule has 0 saturated carbocycles. The van der Waals surface area contributed by atoms with E-state index in [9.17, 15) is 14.0 Å². The monoisotopic (exact) mass is 514 g/mol. The quantitative estimate of drug-likeness (QED) is 0.291. The number of amides is 2. The van der Waals surface area contributed by atoms with Gasteiger partial charge < -0.3 is 20.3 Å². The number of anilines is 2. The number of hydrogen-bond donors (Lipinski definition) is 3. The molecular formula is C25H21Cl2FN4O3. The van der Waals surface area contributed by atoms with Crippen LogP contribution < -0.4 is 15.4 Å². The van der Waals surface area contributed by atoms with Crippen molar-refractivity contribution in [2.45, 2.75) is 6.42 Å². The van der Waals surface area contributed by atoms with E-state index in [2.05, 4.69) is 10.6 Å². The summed E-state index contributed by atoms with van der Waals surface area (Å²) < 4.78 is 20.2. The first-order valence-electron chi connectivity index (χ1n) is 10.7. The Labute approximate surface area is 211 Å². The second-order valence-electron chi connectivity index (χ2n) is 7.83. The van der Waals surface area contributed by atoms with Crippen molar-refractivity contribution in [3.05, 3.63) is 87.2 Å². The van der Waals surface area contributed by atoms with E-state index < -0.39 is 17.6 Å². The molecule has 4 rings (SSSR count). The smallest absolute Gasteiger partial charge is 0.258 e. The number of hydrogen-bond acceptors (Lipinski definition) is 4. The SMILES string of the molecule is COc1cc(Cl)cc(C(=O)Nc2ccc(Cl)cc2)c1NC(=O)c1ccc(C(=N)N2CCC2)cc1F. The molecule has 10 heteroatoms. The van der Waals surface area contributed by atoms with Crippen LogP contribution in [0, 0.1) is 11.2 Å². The van der Waals surface area contributed by atoms with Gasteiger partial charge in [0, 0.05) is 40.5 Å². The van der Waals surface area contributed by atoms with Crippen LogP contribution in [0.3, 0.4) is 0 Å². The first kappa shape index (κ1) is 24.5. The molecule has 0 unspecified atom stereocenters. The first-order chi connectivity index (χ1) is 16.8. The molecule has 3 aromatic rings. The number of halogens is 3. The molecule has 2 amide bonds. The third-order valence-electron chi connectivity index (χ3n) is 5.53. The number of likely N-dealkylation sites (tertiary alicyclic amines) is 1. The summed E-state index contributed by atoms with van der Waals surface area (Å²) in [6.07, 6.45) is 0.988. The molecule has 1 saturated heterocycles. The largest absolute Gasteiger partial charge is 0.494 e. The van der Waals surface area contributed by atoms with Gasteiger partial charge in [0.25, 0.3) is 11.8 Å². The second kappa shape index (κ2) is 10.3. The minimum atomic E-state index is -0.787. The van der Waals surface area contributed by atoms with Gasteiger partial charge in [-0.3, -0.25) is 15.0 Å². The number of benzene rings is 3. The molecule has 3 N–H and O–H groups in total. The zero-order valence-electron chi connectivity index (χ0n) is 18.6. The van der Waals surface area contributed by atoms with Crippen LogP contribution in [0.1, 0.15) is 32.7 Å². The Morgan fingerprint density at radius 1 is 0.943 bits per heavy atom. The van der Waals surface area contributed by atoms with Crippen LogP contribution in [-0.4, -0.2) is 42.7 Å². The fourth-order valence-electron chi connectivity index (χ4n) is 3.53. The standard InChI is InChI=1S/C25H21Cl2FN4O3/c1-35-21-13-16(27)12-19(25(34)30-17-6-4-15(26)5-7-17)22(21)31-24(33)18-8-3-14(11-20(18)28)23(29)32-9-2-10-32/h3-8,11-13,29H,2,9-10H2,1H3,(H,30,34)(H,31,33). The molecule has 0 atom stereocenters. The van der Waals surface area contributed by atoms with Gasteiger partial charge in [-0.1, -0.05) is 29.3 Å². The van der Waals surface area contributed by atoms with E-state index in [0.717, 1.165) is 25.6 Å². The first-order valence-corrected chi connectivity index (χ1v) is 11.4. The van der Waals surface area contributed by atoms with E-state index in [1.54, 1.807) is 24.3 Å². The molecule has 7 nitrogen and oxygen atoms in total. The van der Waals surface area contributed by atoms with E-state index in [1.807, 2.05) is 4.90 Å². The van der Waals surface area contributed by atoms with Crippen molar-refractivity contribution in [2.24, 2.45) is 0 Å².